The third-order valence-electron chi connectivity index (χ3n) is 2.14. The van der Waals surface area contributed by atoms with Crippen LogP contribution in [-0.2, 0) is 4.84 Å². The quantitative estimate of drug-likeness (QED) is 0.847. The Balaban J connectivity index is 2.31. The van der Waals surface area contributed by atoms with Crippen molar-refractivity contribution in [1.82, 2.24) is 10.3 Å². The van der Waals surface area contributed by atoms with Crippen molar-refractivity contribution in [1.29, 1.82) is 0 Å². The second-order valence-electron chi connectivity index (χ2n) is 3.80. The van der Waals surface area contributed by atoms with E-state index < -0.39 is 5.72 Å². The number of amidine groups is 1. The molecule has 1 aliphatic rings. The molecule has 0 radical (unpaired) electrons. The first kappa shape index (κ1) is 12.1. The van der Waals surface area contributed by atoms with E-state index in [4.69, 9.17) is 9.57 Å². The fraction of sp³-hybridized carbons (Fsp3) is 0.400. The molecule has 2 rings (SSSR count). The van der Waals surface area contributed by atoms with Crippen LogP contribution in [0.25, 0.3) is 0 Å². The van der Waals surface area contributed by atoms with Crippen molar-refractivity contribution >= 4 is 21.8 Å². The lowest BCUT2D eigenvalue weighted by molar-refractivity contribution is -0.0566. The summed E-state index contributed by atoms with van der Waals surface area (Å²) in [4.78, 5) is 9.16. The summed E-state index contributed by atoms with van der Waals surface area (Å²) in [5, 5.41) is 16.4. The molecular weight excluding hydrogens is 290 g/mol. The highest BCUT2D eigenvalue weighted by Gasteiger charge is 2.28. The van der Waals surface area contributed by atoms with Crippen LogP contribution in [0.3, 0.4) is 0 Å². The molecule has 0 spiro atoms. The van der Waals surface area contributed by atoms with E-state index in [0.717, 1.165) is 4.47 Å². The molecule has 2 N–H and O–H groups in total. The monoisotopic (exact) mass is 301 g/mol. The second kappa shape index (κ2) is 4.50. The molecule has 2 heterocycles. The molecule has 0 saturated heterocycles. The molecule has 0 bridgehead atoms. The van der Waals surface area contributed by atoms with E-state index in [1.165, 1.54) is 7.11 Å². The Bertz CT molecular complexity index is 462. The van der Waals surface area contributed by atoms with Crippen LogP contribution in [-0.4, -0.2) is 35.4 Å². The highest BCUT2D eigenvalue weighted by molar-refractivity contribution is 9.10. The summed E-state index contributed by atoms with van der Waals surface area (Å²) in [6.45, 7) is 1.68. The third kappa shape index (κ3) is 2.67. The fourth-order valence-electron chi connectivity index (χ4n) is 1.35. The molecule has 0 saturated carbocycles. The Kier molecular flexibility index (Phi) is 3.21. The number of rotatable bonds is 2. The number of methoxy groups -OCH3 is 1. The van der Waals surface area contributed by atoms with Crippen molar-refractivity contribution in [2.75, 3.05) is 13.7 Å². The standard InChI is InChI=1S/C10H12BrN3O3/c1-10(15)5-17-14-8(13-10)7-4-3-6(11)9(12-7)16-2/h3-4,15H,5H2,1-2H3,(H,13,14). The van der Waals surface area contributed by atoms with Gasteiger partial charge in [-0.25, -0.2) is 4.98 Å². The summed E-state index contributed by atoms with van der Waals surface area (Å²) in [7, 11) is 1.53. The Morgan fingerprint density at radius 1 is 1.59 bits per heavy atom. The van der Waals surface area contributed by atoms with E-state index in [-0.39, 0.29) is 6.61 Å². The second-order valence-corrected chi connectivity index (χ2v) is 4.65. The highest BCUT2D eigenvalue weighted by atomic mass is 79.9. The van der Waals surface area contributed by atoms with E-state index in [9.17, 15) is 5.11 Å². The minimum Gasteiger partial charge on any atom is -0.480 e. The maximum Gasteiger partial charge on any atom is 0.228 e. The van der Waals surface area contributed by atoms with Gasteiger partial charge in [-0.1, -0.05) is 5.16 Å². The molecule has 1 aliphatic heterocycles. The Labute approximate surface area is 107 Å². The number of nitrogens with zero attached hydrogens (tertiary/aromatic N) is 2. The zero-order chi connectivity index (χ0) is 12.5. The first-order valence-corrected chi connectivity index (χ1v) is 5.72. The fourth-order valence-corrected chi connectivity index (χ4v) is 1.73. The average molecular weight is 302 g/mol. The van der Waals surface area contributed by atoms with Crippen molar-refractivity contribution in [3.63, 3.8) is 0 Å². The minimum absolute atomic E-state index is 0.0875. The smallest absolute Gasteiger partial charge is 0.228 e. The normalized spacial score (nSPS) is 23.4. The van der Waals surface area contributed by atoms with E-state index >= 15 is 0 Å². The molecule has 7 heteroatoms. The van der Waals surface area contributed by atoms with Crippen LogP contribution in [0.1, 0.15) is 12.6 Å². The largest absolute Gasteiger partial charge is 0.480 e. The lowest BCUT2D eigenvalue weighted by Crippen LogP contribution is -2.52. The first-order chi connectivity index (χ1) is 8.02. The molecule has 0 aliphatic carbocycles. The zero-order valence-electron chi connectivity index (χ0n) is 9.40. The van der Waals surface area contributed by atoms with Crippen LogP contribution in [0.15, 0.2) is 21.8 Å². The predicted molar refractivity (Wildman–Crippen MR) is 64.7 cm³/mol. The number of ether oxygens (including phenoxy) is 1. The van der Waals surface area contributed by atoms with Gasteiger partial charge >= 0.3 is 0 Å². The van der Waals surface area contributed by atoms with Gasteiger partial charge in [0.2, 0.25) is 5.88 Å². The molecule has 0 aromatic carbocycles. The number of hydrogen-bond donors (Lipinski definition) is 2. The summed E-state index contributed by atoms with van der Waals surface area (Å²) in [5.74, 6) is 0.810. The average Bonchev–Trinajstić information content (AvgIpc) is 2.28. The molecular formula is C10H12BrN3O3. The number of oxime groups is 1. The summed E-state index contributed by atoms with van der Waals surface area (Å²) in [5.41, 5.74) is -0.621. The summed E-state index contributed by atoms with van der Waals surface area (Å²) < 4.78 is 5.83. The van der Waals surface area contributed by atoms with Gasteiger partial charge in [-0.3, -0.25) is 0 Å². The summed E-state index contributed by atoms with van der Waals surface area (Å²) >= 11 is 3.31. The van der Waals surface area contributed by atoms with Gasteiger partial charge in [0.15, 0.2) is 18.2 Å². The predicted octanol–water partition coefficient (Wildman–Crippen LogP) is 0.843. The number of aliphatic hydroxyl groups is 1. The van der Waals surface area contributed by atoms with Crippen molar-refractivity contribution < 1.29 is 14.7 Å². The van der Waals surface area contributed by atoms with Crippen molar-refractivity contribution in [2.24, 2.45) is 5.16 Å². The maximum absolute atomic E-state index is 9.80. The van der Waals surface area contributed by atoms with Crippen LogP contribution in [0.2, 0.25) is 0 Å². The van der Waals surface area contributed by atoms with E-state index in [1.807, 2.05) is 0 Å². The van der Waals surface area contributed by atoms with Gasteiger partial charge in [0.1, 0.15) is 5.69 Å². The van der Waals surface area contributed by atoms with Gasteiger partial charge in [-0.05, 0) is 35.0 Å². The van der Waals surface area contributed by atoms with Gasteiger partial charge in [0.25, 0.3) is 0 Å². The van der Waals surface area contributed by atoms with Crippen LogP contribution >= 0.6 is 15.9 Å². The maximum atomic E-state index is 9.80. The molecule has 0 fully saturated rings. The van der Waals surface area contributed by atoms with Crippen molar-refractivity contribution in [3.8, 4) is 5.88 Å². The van der Waals surface area contributed by atoms with Gasteiger partial charge in [0.05, 0.1) is 11.6 Å². The highest BCUT2D eigenvalue weighted by Crippen LogP contribution is 2.22. The number of hydrogen-bond acceptors (Lipinski definition) is 6. The molecule has 17 heavy (non-hydrogen) atoms. The minimum atomic E-state index is -1.15. The third-order valence-corrected chi connectivity index (χ3v) is 2.74. The number of aromatic nitrogens is 1. The number of nitrogens with one attached hydrogen (secondary N) is 1. The molecule has 0 amide bonds. The molecule has 1 aromatic heterocycles. The molecule has 1 unspecified atom stereocenters. The molecule has 1 atom stereocenters. The van der Waals surface area contributed by atoms with E-state index in [1.54, 1.807) is 19.1 Å². The van der Waals surface area contributed by atoms with Crippen molar-refractivity contribution in [2.45, 2.75) is 12.6 Å². The van der Waals surface area contributed by atoms with Crippen LogP contribution in [0.4, 0.5) is 0 Å². The van der Waals surface area contributed by atoms with Gasteiger partial charge < -0.3 is 20.0 Å². The van der Waals surface area contributed by atoms with Crippen molar-refractivity contribution in [3.05, 3.63) is 22.3 Å². The molecule has 6 nitrogen and oxygen atoms in total. The topological polar surface area (TPSA) is 76.0 Å². The van der Waals surface area contributed by atoms with Gasteiger partial charge in [-0.2, -0.15) is 0 Å². The Morgan fingerprint density at radius 2 is 2.35 bits per heavy atom. The lowest BCUT2D eigenvalue weighted by Gasteiger charge is -2.28. The van der Waals surface area contributed by atoms with Crippen LogP contribution in [0, 0.1) is 0 Å². The lowest BCUT2D eigenvalue weighted by atomic mass is 10.2. The number of halogens is 1. The molecule has 1 aromatic rings. The van der Waals surface area contributed by atoms with E-state index in [0.29, 0.717) is 17.4 Å². The first-order valence-electron chi connectivity index (χ1n) is 4.93. The Morgan fingerprint density at radius 3 is 3.00 bits per heavy atom. The van der Waals surface area contributed by atoms with Crippen LogP contribution in [0.5, 0.6) is 5.88 Å². The molecule has 92 valence electrons. The Hall–Kier alpha value is -1.34. The van der Waals surface area contributed by atoms with Gasteiger partial charge in [-0.15, -0.1) is 0 Å². The summed E-state index contributed by atoms with van der Waals surface area (Å²) in [6.07, 6.45) is 0. The van der Waals surface area contributed by atoms with E-state index in [2.05, 4.69) is 31.4 Å². The number of pyridine rings is 1. The zero-order valence-corrected chi connectivity index (χ0v) is 11.0. The van der Waals surface area contributed by atoms with Crippen LogP contribution < -0.4 is 10.1 Å². The summed E-state index contributed by atoms with van der Waals surface area (Å²) in [6, 6.07) is 3.53. The van der Waals surface area contributed by atoms with Gasteiger partial charge in [0, 0.05) is 0 Å². The SMILES string of the molecule is COc1nc(C2=NOCC(C)(O)N2)ccc1Br.